The van der Waals surface area contributed by atoms with E-state index in [0.29, 0.717) is 0 Å². The Morgan fingerprint density at radius 1 is 1.71 bits per heavy atom. The highest BCUT2D eigenvalue weighted by Gasteiger charge is 2.29. The van der Waals surface area contributed by atoms with E-state index in [4.69, 9.17) is 0 Å². The van der Waals surface area contributed by atoms with Gasteiger partial charge in [-0.3, -0.25) is 0 Å². The smallest absolute Gasteiger partial charge is 0.211 e. The lowest BCUT2D eigenvalue weighted by molar-refractivity contribution is 1.16. The van der Waals surface area contributed by atoms with Crippen molar-refractivity contribution in [1.82, 2.24) is 9.30 Å². The number of nitrogens with one attached hydrogen (secondary N) is 2. The number of hydrogen-bond donors (Lipinski definition) is 2. The van der Waals surface area contributed by atoms with Crippen LogP contribution in [0.1, 0.15) is 0 Å². The van der Waals surface area contributed by atoms with E-state index in [0.717, 1.165) is 0 Å². The van der Waals surface area contributed by atoms with Gasteiger partial charge in [-0.05, 0) is 6.55 Å². The molecule has 0 atom stereocenters. The van der Waals surface area contributed by atoms with Crippen LogP contribution in [0.25, 0.3) is 0 Å². The van der Waals surface area contributed by atoms with Gasteiger partial charge in [0.05, 0.1) is 0 Å². The second kappa shape index (κ2) is 1.55. The van der Waals surface area contributed by atoms with E-state index in [-0.39, 0.29) is 9.84 Å². The van der Waals surface area contributed by atoms with Crippen LogP contribution in [-0.4, -0.2) is 18.2 Å². The quantitative estimate of drug-likeness (QED) is 0.444. The van der Waals surface area contributed by atoms with Crippen LogP contribution in [0.5, 0.6) is 0 Å². The van der Waals surface area contributed by atoms with Gasteiger partial charge in [0, 0.05) is 0 Å². The topological polar surface area (TPSA) is 24.1 Å². The molecule has 0 aliphatic carbocycles. The molecule has 2 N–H and O–H groups in total. The molecular formula is C3H10N2Si2. The third-order valence-electron chi connectivity index (χ3n) is 1.32. The molecule has 0 saturated carbocycles. The van der Waals surface area contributed by atoms with Crippen LogP contribution in [0, 0.1) is 0 Å². The van der Waals surface area contributed by atoms with Crippen LogP contribution in [0.4, 0.5) is 0 Å². The maximum atomic E-state index is 3.71. The minimum atomic E-state index is -1.15. The Balaban J connectivity index is 2.43. The Bertz CT molecular complexity index is 88.9. The molecule has 2 nitrogen and oxygen atoms in total. The van der Waals surface area contributed by atoms with Crippen molar-refractivity contribution in [2.75, 3.05) is 0 Å². The van der Waals surface area contributed by atoms with Crippen LogP contribution in [-0.2, 0) is 0 Å². The van der Waals surface area contributed by atoms with Crippen molar-refractivity contribution in [3.05, 3.63) is 12.3 Å². The Labute approximate surface area is 47.1 Å². The van der Waals surface area contributed by atoms with E-state index in [1.807, 2.05) is 5.70 Å². The SMILES string of the molecule is C=C[Si]1(C)N[SiH2]N1. The molecule has 0 aromatic heterocycles. The molecule has 0 aromatic carbocycles. The fourth-order valence-electron chi connectivity index (χ4n) is 0.512. The van der Waals surface area contributed by atoms with Gasteiger partial charge in [0.25, 0.3) is 0 Å². The van der Waals surface area contributed by atoms with Crippen LogP contribution in [0.15, 0.2) is 12.3 Å². The van der Waals surface area contributed by atoms with Crippen molar-refractivity contribution in [3.63, 3.8) is 0 Å². The highest BCUT2D eigenvalue weighted by atomic mass is 28.4. The molecule has 0 radical (unpaired) electrons. The lowest BCUT2D eigenvalue weighted by Crippen LogP contribution is -2.75. The molecule has 0 aromatic rings. The lowest BCUT2D eigenvalue weighted by Gasteiger charge is -2.35. The Hall–Kier alpha value is 0.0938. The third-order valence-corrected chi connectivity index (χ3v) is 9.43. The predicted molar refractivity (Wildman–Crippen MR) is 36.6 cm³/mol. The summed E-state index contributed by atoms with van der Waals surface area (Å²) < 4.78 is 6.84. The molecule has 0 spiro atoms. The van der Waals surface area contributed by atoms with Gasteiger partial charge in [-0.1, -0.05) is 5.70 Å². The van der Waals surface area contributed by atoms with E-state index >= 15 is 0 Å². The van der Waals surface area contributed by atoms with Crippen molar-refractivity contribution in [2.24, 2.45) is 0 Å². The zero-order chi connectivity index (χ0) is 5.33. The van der Waals surface area contributed by atoms with Gasteiger partial charge in [-0.15, -0.1) is 6.58 Å². The number of hydrogen-bond acceptors (Lipinski definition) is 2. The first-order chi connectivity index (χ1) is 3.27. The lowest BCUT2D eigenvalue weighted by atomic mass is 11.3. The highest BCUT2D eigenvalue weighted by Crippen LogP contribution is 1.96. The second-order valence-corrected chi connectivity index (χ2v) is 7.93. The van der Waals surface area contributed by atoms with E-state index in [2.05, 4.69) is 22.4 Å². The third kappa shape index (κ3) is 0.830. The minimum absolute atomic E-state index is 0.0197. The molecule has 0 amide bonds. The maximum absolute atomic E-state index is 3.71. The van der Waals surface area contributed by atoms with Crippen LogP contribution in [0.2, 0.25) is 6.55 Å². The summed E-state index contributed by atoms with van der Waals surface area (Å²) in [6.45, 7) is 5.93. The summed E-state index contributed by atoms with van der Waals surface area (Å²) in [6.07, 6.45) is 0. The summed E-state index contributed by atoms with van der Waals surface area (Å²) >= 11 is 0. The van der Waals surface area contributed by atoms with Gasteiger partial charge in [0.1, 0.15) is 0 Å². The summed E-state index contributed by atoms with van der Waals surface area (Å²) in [6, 6.07) is 0. The van der Waals surface area contributed by atoms with E-state index in [9.17, 15) is 0 Å². The highest BCUT2D eigenvalue weighted by molar-refractivity contribution is 6.94. The van der Waals surface area contributed by atoms with Crippen LogP contribution in [0.3, 0.4) is 0 Å². The van der Waals surface area contributed by atoms with Gasteiger partial charge in [0.15, 0.2) is 9.84 Å². The zero-order valence-corrected chi connectivity index (χ0v) is 6.91. The largest absolute Gasteiger partial charge is 0.338 e. The molecule has 1 saturated heterocycles. The Morgan fingerprint density at radius 2 is 2.29 bits per heavy atom. The van der Waals surface area contributed by atoms with Crippen LogP contribution < -0.4 is 9.30 Å². The van der Waals surface area contributed by atoms with Crippen molar-refractivity contribution >= 4 is 18.2 Å². The van der Waals surface area contributed by atoms with Crippen molar-refractivity contribution < 1.29 is 0 Å². The monoisotopic (exact) mass is 130 g/mol. The predicted octanol–water partition coefficient (Wildman–Crippen LogP) is -1.02. The Morgan fingerprint density at radius 3 is 2.29 bits per heavy atom. The summed E-state index contributed by atoms with van der Waals surface area (Å²) in [7, 11) is -1.16. The van der Waals surface area contributed by atoms with Gasteiger partial charge in [0.2, 0.25) is 8.40 Å². The second-order valence-electron chi connectivity index (χ2n) is 1.94. The van der Waals surface area contributed by atoms with E-state index < -0.39 is 8.40 Å². The van der Waals surface area contributed by atoms with Gasteiger partial charge < -0.3 is 9.30 Å². The standard InChI is InChI=1S/C3H10N2Si2/c1-3-7(2)4-6-5-7/h3-5H,1,6H2,2H3. The van der Waals surface area contributed by atoms with E-state index in [1.165, 1.54) is 0 Å². The molecule has 7 heavy (non-hydrogen) atoms. The summed E-state index contributed by atoms with van der Waals surface area (Å²) in [4.78, 5) is 0. The molecule has 40 valence electrons. The van der Waals surface area contributed by atoms with E-state index in [1.54, 1.807) is 0 Å². The van der Waals surface area contributed by atoms with Crippen molar-refractivity contribution in [1.29, 1.82) is 0 Å². The first kappa shape index (κ1) is 5.23. The molecule has 1 rings (SSSR count). The molecule has 0 unspecified atom stereocenters. The molecule has 1 aliphatic heterocycles. The molecule has 1 aliphatic rings. The first-order valence-corrected chi connectivity index (χ1v) is 6.40. The fraction of sp³-hybridized carbons (Fsp3) is 0.333. The van der Waals surface area contributed by atoms with Gasteiger partial charge >= 0.3 is 0 Å². The summed E-state index contributed by atoms with van der Waals surface area (Å²) in [5.41, 5.74) is 2.03. The van der Waals surface area contributed by atoms with Crippen molar-refractivity contribution in [2.45, 2.75) is 6.55 Å². The first-order valence-electron chi connectivity index (χ1n) is 2.40. The average Bonchev–Trinajstić information content (AvgIpc) is 1.61. The molecular weight excluding hydrogens is 120 g/mol. The van der Waals surface area contributed by atoms with Crippen LogP contribution >= 0.6 is 0 Å². The summed E-state index contributed by atoms with van der Waals surface area (Å²) in [5, 5.41) is 0. The average molecular weight is 130 g/mol. The molecule has 1 heterocycles. The normalized spacial score (nSPS) is 43.0. The zero-order valence-electron chi connectivity index (χ0n) is 4.49. The summed E-state index contributed by atoms with van der Waals surface area (Å²) in [5.74, 6) is 0. The van der Waals surface area contributed by atoms with Gasteiger partial charge in [-0.2, -0.15) is 0 Å². The van der Waals surface area contributed by atoms with Gasteiger partial charge in [-0.25, -0.2) is 0 Å². The molecule has 4 heteroatoms. The number of rotatable bonds is 1. The Kier molecular flexibility index (Phi) is 1.16. The van der Waals surface area contributed by atoms with Crippen molar-refractivity contribution in [3.8, 4) is 0 Å². The maximum Gasteiger partial charge on any atom is 0.211 e. The molecule has 1 fully saturated rings. The fourth-order valence-corrected chi connectivity index (χ4v) is 4.60. The minimum Gasteiger partial charge on any atom is -0.338 e. The molecule has 0 bridgehead atoms.